The molecule has 0 aliphatic rings. The zero-order valence-electron chi connectivity index (χ0n) is 21.1. The van der Waals surface area contributed by atoms with Gasteiger partial charge < -0.3 is 14.8 Å². The second-order valence-electron chi connectivity index (χ2n) is 8.57. The fourth-order valence-corrected chi connectivity index (χ4v) is 6.45. The zero-order valence-corrected chi connectivity index (χ0v) is 22.7. The van der Waals surface area contributed by atoms with Gasteiger partial charge in [-0.05, 0) is 68.4 Å². The minimum Gasteiger partial charge on any atom is -0.493 e. The highest BCUT2D eigenvalue weighted by atomic mass is 32.2. The van der Waals surface area contributed by atoms with Gasteiger partial charge in [-0.1, -0.05) is 11.3 Å². The monoisotopic (exact) mass is 559 g/mol. The SMILES string of the molecule is COc1ccc(S(=O)(=O)N(CC(=O)Nc2ccc3c(c2)sc(=O)n3C(C)C)c2ccc(F)cc2)cc1OC. The molecule has 0 radical (unpaired) electrons. The minimum atomic E-state index is -4.29. The molecule has 200 valence electrons. The summed E-state index contributed by atoms with van der Waals surface area (Å²) in [4.78, 5) is 25.2. The molecular weight excluding hydrogens is 533 g/mol. The van der Waals surface area contributed by atoms with Crippen LogP contribution in [0.5, 0.6) is 11.5 Å². The fourth-order valence-electron chi connectivity index (χ4n) is 3.96. The third-order valence-electron chi connectivity index (χ3n) is 5.76. The van der Waals surface area contributed by atoms with Crippen molar-refractivity contribution in [2.24, 2.45) is 0 Å². The molecule has 1 aromatic heterocycles. The number of rotatable bonds is 9. The van der Waals surface area contributed by atoms with Crippen LogP contribution in [-0.2, 0) is 14.8 Å². The molecule has 0 aliphatic carbocycles. The summed E-state index contributed by atoms with van der Waals surface area (Å²) in [5, 5.41) is 2.70. The molecule has 0 saturated carbocycles. The van der Waals surface area contributed by atoms with E-state index in [-0.39, 0.29) is 27.2 Å². The van der Waals surface area contributed by atoms with Gasteiger partial charge in [-0.25, -0.2) is 12.8 Å². The summed E-state index contributed by atoms with van der Waals surface area (Å²) in [5.41, 5.74) is 1.25. The van der Waals surface area contributed by atoms with E-state index in [1.165, 1.54) is 44.6 Å². The van der Waals surface area contributed by atoms with E-state index >= 15 is 0 Å². The molecule has 0 fully saturated rings. The van der Waals surface area contributed by atoms with Crippen molar-refractivity contribution >= 4 is 48.9 Å². The van der Waals surface area contributed by atoms with Crippen molar-refractivity contribution in [1.82, 2.24) is 4.57 Å². The number of benzene rings is 3. The van der Waals surface area contributed by atoms with E-state index in [1.54, 1.807) is 22.8 Å². The maximum atomic E-state index is 13.7. The molecule has 1 N–H and O–H groups in total. The van der Waals surface area contributed by atoms with Gasteiger partial charge in [-0.2, -0.15) is 0 Å². The average Bonchev–Trinajstić information content (AvgIpc) is 3.22. The van der Waals surface area contributed by atoms with Gasteiger partial charge in [0.05, 0.1) is 35.0 Å². The second-order valence-corrected chi connectivity index (χ2v) is 11.4. The number of ether oxygens (including phenoxy) is 2. The molecule has 0 aliphatic heterocycles. The van der Waals surface area contributed by atoms with E-state index in [4.69, 9.17) is 9.47 Å². The number of hydrogen-bond donors (Lipinski definition) is 1. The summed E-state index contributed by atoms with van der Waals surface area (Å²) in [6.07, 6.45) is 0. The van der Waals surface area contributed by atoms with Crippen molar-refractivity contribution in [3.63, 3.8) is 0 Å². The molecule has 4 aromatic rings. The van der Waals surface area contributed by atoms with Crippen LogP contribution >= 0.6 is 11.3 Å². The van der Waals surface area contributed by atoms with Crippen molar-refractivity contribution in [1.29, 1.82) is 0 Å². The third-order valence-corrected chi connectivity index (χ3v) is 8.45. The van der Waals surface area contributed by atoms with Crippen LogP contribution in [0.1, 0.15) is 19.9 Å². The van der Waals surface area contributed by atoms with Crippen LogP contribution in [0.4, 0.5) is 15.8 Å². The van der Waals surface area contributed by atoms with Gasteiger partial charge in [0.2, 0.25) is 5.91 Å². The third kappa shape index (κ3) is 5.36. The van der Waals surface area contributed by atoms with Crippen molar-refractivity contribution < 1.29 is 27.1 Å². The highest BCUT2D eigenvalue weighted by molar-refractivity contribution is 7.92. The Labute approximate surface area is 223 Å². The normalized spacial score (nSPS) is 11.5. The molecule has 9 nitrogen and oxygen atoms in total. The number of fused-ring (bicyclic) bond motifs is 1. The number of carbonyl (C=O) groups excluding carboxylic acids is 1. The van der Waals surface area contributed by atoms with E-state index in [1.807, 2.05) is 13.8 Å². The molecule has 0 saturated heterocycles. The van der Waals surface area contributed by atoms with Crippen LogP contribution in [0.15, 0.2) is 70.4 Å². The summed E-state index contributed by atoms with van der Waals surface area (Å²) in [6, 6.07) is 13.9. The van der Waals surface area contributed by atoms with E-state index in [9.17, 15) is 22.4 Å². The average molecular weight is 560 g/mol. The van der Waals surface area contributed by atoms with Crippen LogP contribution < -0.4 is 24.0 Å². The number of carbonyl (C=O) groups is 1. The predicted molar refractivity (Wildman–Crippen MR) is 146 cm³/mol. The Kier molecular flexibility index (Phi) is 7.74. The van der Waals surface area contributed by atoms with Gasteiger partial charge in [-0.15, -0.1) is 0 Å². The molecule has 38 heavy (non-hydrogen) atoms. The maximum Gasteiger partial charge on any atom is 0.308 e. The molecule has 1 heterocycles. The van der Waals surface area contributed by atoms with E-state index in [0.717, 1.165) is 33.3 Å². The lowest BCUT2D eigenvalue weighted by Gasteiger charge is -2.24. The molecule has 12 heteroatoms. The summed E-state index contributed by atoms with van der Waals surface area (Å²) >= 11 is 1.06. The van der Waals surface area contributed by atoms with E-state index in [2.05, 4.69) is 5.32 Å². The second kappa shape index (κ2) is 10.8. The number of hydrogen-bond acceptors (Lipinski definition) is 7. The summed E-state index contributed by atoms with van der Waals surface area (Å²) in [7, 11) is -1.48. The Morgan fingerprint density at radius 1 is 1.03 bits per heavy atom. The highest BCUT2D eigenvalue weighted by Gasteiger charge is 2.28. The Bertz CT molecular complexity index is 1650. The minimum absolute atomic E-state index is 0.0252. The number of sulfonamides is 1. The topological polar surface area (TPSA) is 107 Å². The standard InChI is InChI=1S/C26H26FN3O6S2/c1-16(2)30-21-11-7-18(13-24(21)37-26(30)32)28-25(31)15-29(19-8-5-17(27)6-9-19)38(33,34)20-10-12-22(35-3)23(14-20)36-4/h5-14,16H,15H2,1-4H3,(H,28,31). The Morgan fingerprint density at radius 2 is 1.71 bits per heavy atom. The number of halogens is 1. The summed E-state index contributed by atoms with van der Waals surface area (Å²) < 4.78 is 54.6. The summed E-state index contributed by atoms with van der Waals surface area (Å²) in [5.74, 6) is -0.658. The quantitative estimate of drug-likeness (QED) is 0.320. The smallest absolute Gasteiger partial charge is 0.308 e. The van der Waals surface area contributed by atoms with Gasteiger partial charge in [0, 0.05) is 17.8 Å². The first kappa shape index (κ1) is 27.1. The molecule has 4 rings (SSSR count). The molecule has 0 spiro atoms. The fraction of sp³-hybridized carbons (Fsp3) is 0.231. The number of nitrogens with one attached hydrogen (secondary N) is 1. The van der Waals surface area contributed by atoms with Crippen LogP contribution in [0, 0.1) is 5.82 Å². The van der Waals surface area contributed by atoms with Crippen molar-refractivity contribution in [2.45, 2.75) is 24.8 Å². The first-order chi connectivity index (χ1) is 18.0. The van der Waals surface area contributed by atoms with Gasteiger partial charge >= 0.3 is 4.87 Å². The number of amides is 1. The lowest BCUT2D eigenvalue weighted by Crippen LogP contribution is -2.38. The van der Waals surface area contributed by atoms with E-state index in [0.29, 0.717) is 16.1 Å². The van der Waals surface area contributed by atoms with Crippen LogP contribution in [-0.4, -0.2) is 39.7 Å². The number of thiazole rings is 1. The van der Waals surface area contributed by atoms with Crippen molar-refractivity contribution in [3.8, 4) is 11.5 Å². The highest BCUT2D eigenvalue weighted by Crippen LogP contribution is 2.32. The maximum absolute atomic E-state index is 13.7. The molecule has 0 atom stereocenters. The van der Waals surface area contributed by atoms with Crippen LogP contribution in [0.2, 0.25) is 0 Å². The van der Waals surface area contributed by atoms with Gasteiger partial charge in [0.15, 0.2) is 11.5 Å². The van der Waals surface area contributed by atoms with Crippen LogP contribution in [0.3, 0.4) is 0 Å². The first-order valence-electron chi connectivity index (χ1n) is 11.5. The van der Waals surface area contributed by atoms with Gasteiger partial charge in [0.25, 0.3) is 10.0 Å². The number of methoxy groups -OCH3 is 2. The van der Waals surface area contributed by atoms with Crippen molar-refractivity contribution in [3.05, 3.63) is 76.1 Å². The lowest BCUT2D eigenvalue weighted by atomic mass is 10.2. The predicted octanol–water partition coefficient (Wildman–Crippen LogP) is 4.63. The Morgan fingerprint density at radius 3 is 2.34 bits per heavy atom. The number of aromatic nitrogens is 1. The van der Waals surface area contributed by atoms with Crippen LogP contribution in [0.25, 0.3) is 10.2 Å². The molecule has 0 bridgehead atoms. The molecular formula is C26H26FN3O6S2. The molecule has 0 unspecified atom stereocenters. The number of anilines is 2. The summed E-state index contributed by atoms with van der Waals surface area (Å²) in [6.45, 7) is 3.22. The van der Waals surface area contributed by atoms with Gasteiger partial charge in [-0.3, -0.25) is 18.5 Å². The zero-order chi connectivity index (χ0) is 27.6. The molecule has 1 amide bonds. The number of nitrogens with zero attached hydrogens (tertiary/aromatic N) is 2. The van der Waals surface area contributed by atoms with Gasteiger partial charge in [0.1, 0.15) is 12.4 Å². The van der Waals surface area contributed by atoms with E-state index < -0.39 is 28.3 Å². The Balaban J connectivity index is 1.67. The Hall–Kier alpha value is -3.90. The first-order valence-corrected chi connectivity index (χ1v) is 13.8. The molecule has 3 aromatic carbocycles. The largest absolute Gasteiger partial charge is 0.493 e. The van der Waals surface area contributed by atoms with Crippen molar-refractivity contribution in [2.75, 3.05) is 30.4 Å². The lowest BCUT2D eigenvalue weighted by molar-refractivity contribution is -0.114.